The number of carbonyl (C=O) groups is 3. The second-order valence-electron chi connectivity index (χ2n) is 9.77. The van der Waals surface area contributed by atoms with Gasteiger partial charge in [0.25, 0.3) is 5.91 Å². The lowest BCUT2D eigenvalue weighted by atomic mass is 9.86. The predicted molar refractivity (Wildman–Crippen MR) is 182 cm³/mol. The van der Waals surface area contributed by atoms with Gasteiger partial charge in [0.2, 0.25) is 5.91 Å². The van der Waals surface area contributed by atoms with Crippen molar-refractivity contribution in [1.29, 1.82) is 5.26 Å². The number of amides is 2. The van der Waals surface area contributed by atoms with Gasteiger partial charge in [-0.05, 0) is 23.8 Å². The van der Waals surface area contributed by atoms with Gasteiger partial charge in [-0.3, -0.25) is 14.4 Å². The molecule has 46 heavy (non-hydrogen) atoms. The van der Waals surface area contributed by atoms with Gasteiger partial charge in [0.1, 0.15) is 11.5 Å². The first-order valence-corrected chi connectivity index (χ1v) is 15.7. The number of thioether (sulfide) groups is 1. The fraction of sp³-hybridized carbons (Fsp3) is 0.143. The SMILES string of the molecule is COc1cc(NC(=O)CSC(NC(=O)c2ccccc2)=C(C#N)C(CC(=O)c2ccccc2)c2ccccc2Cl)c(OC)cc1Cl. The number of hydrogen-bond acceptors (Lipinski definition) is 7. The molecule has 0 fully saturated rings. The van der Waals surface area contributed by atoms with Gasteiger partial charge in [-0.15, -0.1) is 0 Å². The molecule has 8 nitrogen and oxygen atoms in total. The summed E-state index contributed by atoms with van der Waals surface area (Å²) >= 11 is 13.8. The van der Waals surface area contributed by atoms with E-state index in [2.05, 4.69) is 16.7 Å². The highest BCUT2D eigenvalue weighted by molar-refractivity contribution is 8.03. The van der Waals surface area contributed by atoms with Crippen LogP contribution in [0.25, 0.3) is 0 Å². The maximum atomic E-state index is 13.5. The molecule has 0 aromatic heterocycles. The second kappa shape index (κ2) is 16.5. The van der Waals surface area contributed by atoms with Crippen LogP contribution in [0.4, 0.5) is 5.69 Å². The topological polar surface area (TPSA) is 118 Å². The van der Waals surface area contributed by atoms with E-state index < -0.39 is 17.7 Å². The predicted octanol–water partition coefficient (Wildman–Crippen LogP) is 7.90. The molecule has 0 saturated heterocycles. The summed E-state index contributed by atoms with van der Waals surface area (Å²) in [5.74, 6) is -1.59. The first kappa shape index (κ1) is 34.1. The van der Waals surface area contributed by atoms with Crippen LogP contribution in [-0.2, 0) is 4.79 Å². The number of benzene rings is 4. The third-order valence-electron chi connectivity index (χ3n) is 6.84. The van der Waals surface area contributed by atoms with E-state index in [1.54, 1.807) is 84.9 Å². The molecule has 0 heterocycles. The maximum absolute atomic E-state index is 13.5. The van der Waals surface area contributed by atoms with Crippen LogP contribution in [0, 0.1) is 11.3 Å². The molecule has 4 aromatic carbocycles. The molecule has 11 heteroatoms. The van der Waals surface area contributed by atoms with Crippen molar-refractivity contribution < 1.29 is 23.9 Å². The third-order valence-corrected chi connectivity index (χ3v) is 8.49. The number of carbonyl (C=O) groups excluding carboxylic acids is 3. The van der Waals surface area contributed by atoms with Gasteiger partial charge in [-0.2, -0.15) is 5.26 Å². The van der Waals surface area contributed by atoms with E-state index in [9.17, 15) is 19.6 Å². The summed E-state index contributed by atoms with van der Waals surface area (Å²) in [5, 5.41) is 16.9. The van der Waals surface area contributed by atoms with Crippen molar-refractivity contribution in [2.45, 2.75) is 12.3 Å². The largest absolute Gasteiger partial charge is 0.495 e. The van der Waals surface area contributed by atoms with E-state index >= 15 is 0 Å². The first-order valence-electron chi connectivity index (χ1n) is 13.9. The summed E-state index contributed by atoms with van der Waals surface area (Å²) < 4.78 is 10.6. The number of ketones is 1. The summed E-state index contributed by atoms with van der Waals surface area (Å²) in [5.41, 5.74) is 1.72. The Bertz CT molecular complexity index is 1790. The zero-order chi connectivity index (χ0) is 33.1. The van der Waals surface area contributed by atoms with Crippen LogP contribution >= 0.6 is 35.0 Å². The summed E-state index contributed by atoms with van der Waals surface area (Å²) in [4.78, 5) is 40.1. The highest BCUT2D eigenvalue weighted by Gasteiger charge is 2.28. The molecule has 0 aliphatic carbocycles. The standard InChI is InChI=1S/C35H29Cl2N3O5S/c1-44-31-19-29(32(45-2)18-28(31)37)39-33(42)21-46-35(40-34(43)23-13-7-4-8-14-23)26(20-38)25(24-15-9-10-16-27(24)36)17-30(41)22-11-5-3-6-12-22/h3-16,18-19,25H,17,21H2,1-2H3,(H,39,42)(H,40,43). The maximum Gasteiger partial charge on any atom is 0.256 e. The number of ether oxygens (including phenoxy) is 2. The van der Waals surface area contributed by atoms with Crippen molar-refractivity contribution in [1.82, 2.24) is 5.32 Å². The Labute approximate surface area is 281 Å². The molecule has 2 N–H and O–H groups in total. The molecule has 0 aliphatic rings. The summed E-state index contributed by atoms with van der Waals surface area (Å²) in [6.45, 7) is 0. The number of halogens is 2. The van der Waals surface area contributed by atoms with E-state index in [-0.39, 0.29) is 28.6 Å². The summed E-state index contributed by atoms with van der Waals surface area (Å²) in [7, 11) is 2.89. The quantitative estimate of drug-likeness (QED) is 0.109. The second-order valence-corrected chi connectivity index (χ2v) is 11.6. The van der Waals surface area contributed by atoms with Crippen LogP contribution in [0.2, 0.25) is 10.0 Å². The number of rotatable bonds is 13. The smallest absolute Gasteiger partial charge is 0.256 e. The van der Waals surface area contributed by atoms with Gasteiger partial charge in [-0.25, -0.2) is 0 Å². The lowest BCUT2D eigenvalue weighted by Crippen LogP contribution is -2.26. The number of hydrogen-bond donors (Lipinski definition) is 2. The molecule has 4 rings (SSSR count). The van der Waals surface area contributed by atoms with Crippen LogP contribution in [0.15, 0.2) is 108 Å². The zero-order valence-electron chi connectivity index (χ0n) is 24.9. The highest BCUT2D eigenvalue weighted by atomic mass is 35.5. The Hall–Kier alpha value is -4.75. The van der Waals surface area contributed by atoms with Crippen molar-refractivity contribution in [3.63, 3.8) is 0 Å². The van der Waals surface area contributed by atoms with E-state index in [0.29, 0.717) is 43.9 Å². The number of nitrogens with zero attached hydrogens (tertiary/aromatic N) is 1. The third kappa shape index (κ3) is 8.70. The van der Waals surface area contributed by atoms with Gasteiger partial charge < -0.3 is 20.1 Å². The Morgan fingerprint density at radius 1 is 0.826 bits per heavy atom. The Morgan fingerprint density at radius 3 is 2.04 bits per heavy atom. The molecule has 2 amide bonds. The van der Waals surface area contributed by atoms with Crippen LogP contribution in [0.3, 0.4) is 0 Å². The van der Waals surface area contributed by atoms with Gasteiger partial charge in [0.05, 0.1) is 47.4 Å². The molecule has 1 atom stereocenters. The van der Waals surface area contributed by atoms with Crippen LogP contribution in [0.5, 0.6) is 11.5 Å². The van der Waals surface area contributed by atoms with Crippen LogP contribution < -0.4 is 20.1 Å². The average Bonchev–Trinajstić information content (AvgIpc) is 3.08. The number of Topliss-reactive ketones (excluding diaryl/α,β-unsaturated/α-hetero) is 1. The van der Waals surface area contributed by atoms with E-state index in [4.69, 9.17) is 32.7 Å². The molecular weight excluding hydrogens is 645 g/mol. The number of nitrogens with one attached hydrogen (secondary N) is 2. The summed E-state index contributed by atoms with van der Waals surface area (Å²) in [6, 6.07) is 29.3. The van der Waals surface area contributed by atoms with Gasteiger partial charge >= 0.3 is 0 Å². The van der Waals surface area contributed by atoms with Crippen molar-refractivity contribution in [2.24, 2.45) is 0 Å². The first-order chi connectivity index (χ1) is 22.2. The molecular formula is C35H29Cl2N3O5S. The van der Waals surface area contributed by atoms with Gasteiger partial charge in [0, 0.05) is 40.6 Å². The molecule has 0 aliphatic heterocycles. The van der Waals surface area contributed by atoms with E-state index in [1.807, 2.05) is 0 Å². The molecule has 0 radical (unpaired) electrons. The number of anilines is 1. The van der Waals surface area contributed by atoms with Gasteiger partial charge in [-0.1, -0.05) is 102 Å². The lowest BCUT2D eigenvalue weighted by Gasteiger charge is -2.21. The van der Waals surface area contributed by atoms with Crippen molar-refractivity contribution >= 4 is 58.2 Å². The summed E-state index contributed by atoms with van der Waals surface area (Å²) in [6.07, 6.45) is -0.115. The Kier molecular flexibility index (Phi) is 12.3. The molecule has 234 valence electrons. The van der Waals surface area contributed by atoms with Crippen LogP contribution in [0.1, 0.15) is 38.6 Å². The number of allylic oxidation sites excluding steroid dienone is 1. The molecule has 0 spiro atoms. The fourth-order valence-electron chi connectivity index (χ4n) is 4.57. The Morgan fingerprint density at radius 2 is 1.43 bits per heavy atom. The molecule has 1 unspecified atom stereocenters. The molecule has 4 aromatic rings. The zero-order valence-corrected chi connectivity index (χ0v) is 27.2. The van der Waals surface area contributed by atoms with Crippen molar-refractivity contribution in [3.8, 4) is 17.6 Å². The molecule has 0 bridgehead atoms. The minimum absolute atomic E-state index is 0.0743. The highest BCUT2D eigenvalue weighted by Crippen LogP contribution is 2.38. The van der Waals surface area contributed by atoms with E-state index in [1.165, 1.54) is 26.4 Å². The lowest BCUT2D eigenvalue weighted by molar-refractivity contribution is -0.113. The van der Waals surface area contributed by atoms with Crippen molar-refractivity contribution in [2.75, 3.05) is 25.3 Å². The van der Waals surface area contributed by atoms with Crippen molar-refractivity contribution in [3.05, 3.63) is 134 Å². The Balaban J connectivity index is 1.73. The van der Waals surface area contributed by atoms with E-state index in [0.717, 1.165) is 11.8 Å². The molecule has 0 saturated carbocycles. The number of methoxy groups -OCH3 is 2. The average molecular weight is 675 g/mol. The van der Waals surface area contributed by atoms with Gasteiger partial charge in [0.15, 0.2) is 5.78 Å². The monoisotopic (exact) mass is 673 g/mol. The fourth-order valence-corrected chi connectivity index (χ4v) is 5.92. The number of nitriles is 1. The van der Waals surface area contributed by atoms with Crippen LogP contribution in [-0.4, -0.2) is 37.6 Å². The minimum Gasteiger partial charge on any atom is -0.495 e. The minimum atomic E-state index is -0.839. The normalized spacial score (nSPS) is 11.8.